The van der Waals surface area contributed by atoms with E-state index in [0.29, 0.717) is 5.88 Å². The maximum atomic E-state index is 12.2. The van der Waals surface area contributed by atoms with Gasteiger partial charge in [0.1, 0.15) is 4.90 Å². The molecule has 1 saturated carbocycles. The van der Waals surface area contributed by atoms with Gasteiger partial charge in [0.05, 0.1) is 0 Å². The van der Waals surface area contributed by atoms with Crippen molar-refractivity contribution in [2.45, 2.75) is 36.6 Å². The van der Waals surface area contributed by atoms with Gasteiger partial charge in [0, 0.05) is 24.3 Å². The van der Waals surface area contributed by atoms with Crippen molar-refractivity contribution in [1.82, 2.24) is 9.71 Å². The molecule has 1 aliphatic rings. The highest BCUT2D eigenvalue weighted by Gasteiger charge is 2.28. The summed E-state index contributed by atoms with van der Waals surface area (Å²) in [6.45, 7) is 0. The lowest BCUT2D eigenvalue weighted by molar-refractivity contribution is 0.314. The summed E-state index contributed by atoms with van der Waals surface area (Å²) in [6, 6.07) is 3.11. The average molecular weight is 289 g/mol. The number of hydrogen-bond donors (Lipinski definition) is 1. The third-order valence-corrected chi connectivity index (χ3v) is 5.23. The number of rotatable bonds is 4. The van der Waals surface area contributed by atoms with E-state index in [-0.39, 0.29) is 16.9 Å². The Morgan fingerprint density at radius 2 is 2.17 bits per heavy atom. The molecule has 1 fully saturated rings. The smallest absolute Gasteiger partial charge is 0.242 e. The van der Waals surface area contributed by atoms with E-state index in [2.05, 4.69) is 9.71 Å². The molecule has 1 aliphatic carbocycles. The SMILES string of the molecule is O=S(=O)(NC1CCCCC1CCl)c1cccnc1. The average Bonchev–Trinajstić information content (AvgIpc) is 2.40. The number of halogens is 1. The summed E-state index contributed by atoms with van der Waals surface area (Å²) in [5.41, 5.74) is 0. The fraction of sp³-hybridized carbons (Fsp3) is 0.583. The minimum Gasteiger partial charge on any atom is -0.263 e. The Bertz CT molecular complexity index is 478. The molecule has 1 heterocycles. The van der Waals surface area contributed by atoms with E-state index >= 15 is 0 Å². The lowest BCUT2D eigenvalue weighted by atomic mass is 9.86. The second kappa shape index (κ2) is 5.99. The standard InChI is InChI=1S/C12H17ClN2O2S/c13-8-10-4-1-2-6-12(10)15-18(16,17)11-5-3-7-14-9-11/h3,5,7,9-10,12,15H,1-2,4,6,8H2. The Morgan fingerprint density at radius 3 is 2.83 bits per heavy atom. The van der Waals surface area contributed by atoms with Gasteiger partial charge in [-0.3, -0.25) is 4.98 Å². The third-order valence-electron chi connectivity index (χ3n) is 3.36. The minimum atomic E-state index is -3.47. The van der Waals surface area contributed by atoms with Gasteiger partial charge in [-0.05, 0) is 30.9 Å². The number of sulfonamides is 1. The second-order valence-corrected chi connectivity index (χ2v) is 6.64. The lowest BCUT2D eigenvalue weighted by Gasteiger charge is -2.30. The first-order chi connectivity index (χ1) is 8.63. The van der Waals surface area contributed by atoms with Crippen LogP contribution in [0.3, 0.4) is 0 Å². The van der Waals surface area contributed by atoms with Crippen molar-refractivity contribution in [3.63, 3.8) is 0 Å². The van der Waals surface area contributed by atoms with Crippen LogP contribution in [0.2, 0.25) is 0 Å². The minimum absolute atomic E-state index is 0.0542. The number of aromatic nitrogens is 1. The molecule has 0 amide bonds. The normalized spacial score (nSPS) is 24.9. The molecule has 100 valence electrons. The summed E-state index contributed by atoms with van der Waals surface area (Å²) in [5, 5.41) is 0. The van der Waals surface area contributed by atoms with Crippen molar-refractivity contribution in [3.05, 3.63) is 24.5 Å². The van der Waals surface area contributed by atoms with Crippen molar-refractivity contribution in [1.29, 1.82) is 0 Å². The van der Waals surface area contributed by atoms with Gasteiger partial charge in [-0.1, -0.05) is 12.8 Å². The van der Waals surface area contributed by atoms with E-state index in [1.807, 2.05) is 0 Å². The molecule has 0 saturated heterocycles. The summed E-state index contributed by atoms with van der Waals surface area (Å²) >= 11 is 5.90. The summed E-state index contributed by atoms with van der Waals surface area (Å²) in [7, 11) is -3.47. The molecule has 1 aromatic heterocycles. The first kappa shape index (κ1) is 13.8. The maximum absolute atomic E-state index is 12.2. The first-order valence-electron chi connectivity index (χ1n) is 6.12. The quantitative estimate of drug-likeness (QED) is 0.864. The van der Waals surface area contributed by atoms with E-state index in [1.165, 1.54) is 6.20 Å². The molecule has 1 N–H and O–H groups in total. The van der Waals surface area contributed by atoms with Crippen molar-refractivity contribution >= 4 is 21.6 Å². The van der Waals surface area contributed by atoms with Crippen molar-refractivity contribution in [2.24, 2.45) is 5.92 Å². The van der Waals surface area contributed by atoms with Crippen molar-refractivity contribution < 1.29 is 8.42 Å². The number of nitrogens with one attached hydrogen (secondary N) is 1. The van der Waals surface area contributed by atoms with E-state index in [0.717, 1.165) is 25.7 Å². The van der Waals surface area contributed by atoms with E-state index in [1.54, 1.807) is 18.3 Å². The molecule has 0 aliphatic heterocycles. The second-order valence-electron chi connectivity index (χ2n) is 4.62. The van der Waals surface area contributed by atoms with Crippen LogP contribution in [-0.2, 0) is 10.0 Å². The zero-order chi connectivity index (χ0) is 13.0. The van der Waals surface area contributed by atoms with Gasteiger partial charge in [-0.2, -0.15) is 0 Å². The number of hydrogen-bond acceptors (Lipinski definition) is 3. The molecule has 0 aromatic carbocycles. The highest BCUT2D eigenvalue weighted by molar-refractivity contribution is 7.89. The van der Waals surface area contributed by atoms with E-state index < -0.39 is 10.0 Å². The zero-order valence-electron chi connectivity index (χ0n) is 10.0. The molecule has 0 radical (unpaired) electrons. The van der Waals surface area contributed by atoms with Crippen LogP contribution in [0.1, 0.15) is 25.7 Å². The molecule has 6 heteroatoms. The predicted molar refractivity (Wildman–Crippen MR) is 71.0 cm³/mol. The van der Waals surface area contributed by atoms with Crippen LogP contribution in [0.5, 0.6) is 0 Å². The molecule has 2 atom stereocenters. The van der Waals surface area contributed by atoms with Crippen molar-refractivity contribution in [3.8, 4) is 0 Å². The largest absolute Gasteiger partial charge is 0.263 e. The summed E-state index contributed by atoms with van der Waals surface area (Å²) < 4.78 is 27.1. The molecule has 2 unspecified atom stereocenters. The Morgan fingerprint density at radius 1 is 1.39 bits per heavy atom. The maximum Gasteiger partial charge on any atom is 0.242 e. The van der Waals surface area contributed by atoms with Gasteiger partial charge in [0.25, 0.3) is 0 Å². The Balaban J connectivity index is 2.12. The Labute approximate surface area is 113 Å². The zero-order valence-corrected chi connectivity index (χ0v) is 11.6. The Hall–Kier alpha value is -0.650. The van der Waals surface area contributed by atoms with Gasteiger partial charge in [0.15, 0.2) is 0 Å². The van der Waals surface area contributed by atoms with E-state index in [9.17, 15) is 8.42 Å². The molecule has 0 bridgehead atoms. The Kier molecular flexibility index (Phi) is 4.59. The molecule has 2 rings (SSSR count). The number of alkyl halides is 1. The topological polar surface area (TPSA) is 59.1 Å². The summed E-state index contributed by atoms with van der Waals surface area (Å²) in [6.07, 6.45) is 6.94. The van der Waals surface area contributed by atoms with Crippen LogP contribution < -0.4 is 4.72 Å². The number of nitrogens with zero attached hydrogens (tertiary/aromatic N) is 1. The van der Waals surface area contributed by atoms with Gasteiger partial charge >= 0.3 is 0 Å². The van der Waals surface area contributed by atoms with Crippen LogP contribution in [-0.4, -0.2) is 25.3 Å². The summed E-state index contributed by atoms with van der Waals surface area (Å²) in [4.78, 5) is 4.05. The highest BCUT2D eigenvalue weighted by atomic mass is 35.5. The third kappa shape index (κ3) is 3.22. The molecule has 18 heavy (non-hydrogen) atoms. The van der Waals surface area contributed by atoms with Crippen LogP contribution in [0.15, 0.2) is 29.4 Å². The molecule has 1 aromatic rings. The monoisotopic (exact) mass is 288 g/mol. The highest BCUT2D eigenvalue weighted by Crippen LogP contribution is 2.26. The van der Waals surface area contributed by atoms with Gasteiger partial charge in [-0.25, -0.2) is 13.1 Å². The van der Waals surface area contributed by atoms with E-state index in [4.69, 9.17) is 11.6 Å². The van der Waals surface area contributed by atoms with Gasteiger partial charge in [0.2, 0.25) is 10.0 Å². The molecular weight excluding hydrogens is 272 g/mol. The summed E-state index contributed by atoms with van der Waals surface area (Å²) in [5.74, 6) is 0.729. The van der Waals surface area contributed by atoms with Crippen LogP contribution in [0, 0.1) is 5.92 Å². The number of pyridine rings is 1. The van der Waals surface area contributed by atoms with Crippen LogP contribution in [0.25, 0.3) is 0 Å². The first-order valence-corrected chi connectivity index (χ1v) is 8.13. The van der Waals surface area contributed by atoms with Gasteiger partial charge in [-0.15, -0.1) is 11.6 Å². The predicted octanol–water partition coefficient (Wildman–Crippen LogP) is 2.16. The van der Waals surface area contributed by atoms with Crippen LogP contribution >= 0.6 is 11.6 Å². The fourth-order valence-corrected chi connectivity index (χ4v) is 3.99. The lowest BCUT2D eigenvalue weighted by Crippen LogP contribution is -2.42. The van der Waals surface area contributed by atoms with Crippen LogP contribution in [0.4, 0.5) is 0 Å². The molecular formula is C12H17ClN2O2S. The fourth-order valence-electron chi connectivity index (χ4n) is 2.32. The van der Waals surface area contributed by atoms with Crippen molar-refractivity contribution in [2.75, 3.05) is 5.88 Å². The van der Waals surface area contributed by atoms with Gasteiger partial charge < -0.3 is 0 Å². The molecule has 0 spiro atoms. The molecule has 4 nitrogen and oxygen atoms in total.